The first-order valence-corrected chi connectivity index (χ1v) is 10.1. The number of aromatic amines is 2. The third kappa shape index (κ3) is 5.45. The second-order valence-corrected chi connectivity index (χ2v) is 6.87. The highest BCUT2D eigenvalue weighted by atomic mass is 16.6. The molecule has 0 aliphatic rings. The Kier molecular flexibility index (Phi) is 7.12. The molecule has 0 radical (unpaired) electrons. The summed E-state index contributed by atoms with van der Waals surface area (Å²) in [6.07, 6.45) is 4.65. The molecule has 164 valence electrons. The number of aliphatic imine (C=N–C) groups is 1. The minimum absolute atomic E-state index is 0.164. The first kappa shape index (κ1) is 22.4. The van der Waals surface area contributed by atoms with E-state index in [1.54, 1.807) is 24.4 Å². The first-order valence-electron chi connectivity index (χ1n) is 10.1. The van der Waals surface area contributed by atoms with E-state index in [0.717, 1.165) is 35.6 Å². The molecule has 0 spiro atoms. The van der Waals surface area contributed by atoms with Gasteiger partial charge in [-0.3, -0.25) is 24.9 Å². The van der Waals surface area contributed by atoms with Gasteiger partial charge in [0.05, 0.1) is 10.6 Å². The van der Waals surface area contributed by atoms with Gasteiger partial charge in [-0.15, -0.1) is 0 Å². The Bertz CT molecular complexity index is 1250. The zero-order valence-electron chi connectivity index (χ0n) is 17.7. The fourth-order valence-electron chi connectivity index (χ4n) is 3.16. The number of hydrogen-bond acceptors (Lipinski definition) is 6. The average Bonchev–Trinajstić information content (AvgIpc) is 2.78. The van der Waals surface area contributed by atoms with Crippen molar-refractivity contribution >= 4 is 35.4 Å². The van der Waals surface area contributed by atoms with Crippen molar-refractivity contribution in [2.75, 3.05) is 18.0 Å². The predicted molar refractivity (Wildman–Crippen MR) is 127 cm³/mol. The lowest BCUT2D eigenvalue weighted by Gasteiger charge is -2.20. The maximum absolute atomic E-state index is 11.7. The Hall–Kier alpha value is -4.27. The molecule has 1 aromatic heterocycles. The monoisotopic (exact) mass is 433 g/mol. The van der Waals surface area contributed by atoms with Crippen LogP contribution in [-0.4, -0.2) is 34.2 Å². The summed E-state index contributed by atoms with van der Waals surface area (Å²) in [6.45, 7) is 6.14. The predicted octanol–water partition coefficient (Wildman–Crippen LogP) is 3.74. The summed E-state index contributed by atoms with van der Waals surface area (Å²) in [5.41, 5.74) is 0.889. The van der Waals surface area contributed by atoms with Crippen LogP contribution in [-0.2, 0) is 0 Å². The van der Waals surface area contributed by atoms with E-state index in [9.17, 15) is 19.7 Å². The molecule has 2 aromatic carbocycles. The van der Waals surface area contributed by atoms with Crippen LogP contribution in [0.2, 0.25) is 0 Å². The van der Waals surface area contributed by atoms with E-state index in [1.165, 1.54) is 6.08 Å². The minimum atomic E-state index is -1.05. The molecule has 0 bridgehead atoms. The van der Waals surface area contributed by atoms with Gasteiger partial charge in [0.25, 0.3) is 0 Å². The quantitative estimate of drug-likeness (QED) is 0.318. The molecule has 9 heteroatoms. The van der Waals surface area contributed by atoms with Crippen LogP contribution in [0.5, 0.6) is 0 Å². The number of aromatic nitrogens is 2. The second-order valence-electron chi connectivity index (χ2n) is 6.87. The van der Waals surface area contributed by atoms with Gasteiger partial charge in [0, 0.05) is 25.0 Å². The van der Waals surface area contributed by atoms with Crippen molar-refractivity contribution in [2.45, 2.75) is 13.8 Å². The van der Waals surface area contributed by atoms with Crippen LogP contribution < -0.4 is 16.1 Å². The number of anilines is 1. The lowest BCUT2D eigenvalue weighted by atomic mass is 10.1. The molecule has 3 rings (SSSR count). The molecule has 0 atom stereocenters. The Morgan fingerprint density at radius 3 is 2.16 bits per heavy atom. The van der Waals surface area contributed by atoms with Crippen LogP contribution in [0, 0.1) is 10.1 Å². The minimum Gasteiger partial charge on any atom is -0.372 e. The van der Waals surface area contributed by atoms with E-state index in [0.29, 0.717) is 0 Å². The SMILES string of the molecule is CCN(CC)c1ccc(N=Cc2ccc(/C=C\c3[nH]c(=O)[nH]c(=O)c3[N+](=O)[O-])cc2)cc1. The highest BCUT2D eigenvalue weighted by molar-refractivity contribution is 5.83. The van der Waals surface area contributed by atoms with Crippen molar-refractivity contribution in [2.24, 2.45) is 4.99 Å². The summed E-state index contributed by atoms with van der Waals surface area (Å²) in [5, 5.41) is 11.1. The third-order valence-electron chi connectivity index (χ3n) is 4.85. The summed E-state index contributed by atoms with van der Waals surface area (Å²) in [5.74, 6) is 0. The van der Waals surface area contributed by atoms with Crippen molar-refractivity contribution < 1.29 is 4.92 Å². The van der Waals surface area contributed by atoms with Crippen LogP contribution in [0.1, 0.15) is 30.7 Å². The number of nitrogens with zero attached hydrogens (tertiary/aromatic N) is 3. The molecule has 9 nitrogen and oxygen atoms in total. The van der Waals surface area contributed by atoms with Crippen LogP contribution in [0.15, 0.2) is 63.1 Å². The molecular formula is C23H23N5O4. The summed E-state index contributed by atoms with van der Waals surface area (Å²) < 4.78 is 0. The maximum Gasteiger partial charge on any atom is 0.357 e. The second kappa shape index (κ2) is 10.2. The number of nitrogens with one attached hydrogen (secondary N) is 2. The number of benzene rings is 2. The highest BCUT2D eigenvalue weighted by Crippen LogP contribution is 2.20. The summed E-state index contributed by atoms with van der Waals surface area (Å²) in [7, 11) is 0. The van der Waals surface area contributed by atoms with E-state index < -0.39 is 21.9 Å². The molecule has 0 amide bonds. The van der Waals surface area contributed by atoms with Gasteiger partial charge in [-0.05, 0) is 55.3 Å². The summed E-state index contributed by atoms with van der Waals surface area (Å²) in [4.78, 5) is 44.2. The van der Waals surface area contributed by atoms with Crippen molar-refractivity contribution in [3.05, 3.63) is 96.3 Å². The van der Waals surface area contributed by atoms with Crippen molar-refractivity contribution in [3.8, 4) is 0 Å². The molecule has 0 aliphatic heterocycles. The van der Waals surface area contributed by atoms with Crippen LogP contribution in [0.4, 0.5) is 17.1 Å². The van der Waals surface area contributed by atoms with Crippen LogP contribution in [0.3, 0.4) is 0 Å². The topological polar surface area (TPSA) is 124 Å². The van der Waals surface area contributed by atoms with Gasteiger partial charge in [0.2, 0.25) is 0 Å². The van der Waals surface area contributed by atoms with Gasteiger partial charge in [-0.1, -0.05) is 30.3 Å². The van der Waals surface area contributed by atoms with Gasteiger partial charge in [-0.2, -0.15) is 0 Å². The maximum atomic E-state index is 11.7. The number of H-pyrrole nitrogens is 2. The van der Waals surface area contributed by atoms with Gasteiger partial charge < -0.3 is 9.88 Å². The molecule has 2 N–H and O–H groups in total. The van der Waals surface area contributed by atoms with E-state index >= 15 is 0 Å². The third-order valence-corrected chi connectivity index (χ3v) is 4.85. The standard InChI is InChI=1S/C23H23N5O4/c1-3-27(4-2)19-12-10-18(11-13-19)24-15-17-7-5-16(6-8-17)9-14-20-21(28(31)32)22(29)26-23(30)25-20/h5-15H,3-4H2,1-2H3,(H2,25,26,29,30)/b14-9-,24-15?. The zero-order chi connectivity index (χ0) is 23.1. The number of hydrogen-bond donors (Lipinski definition) is 2. The van der Waals surface area contributed by atoms with Crippen molar-refractivity contribution in [1.82, 2.24) is 9.97 Å². The molecule has 0 aliphatic carbocycles. The highest BCUT2D eigenvalue weighted by Gasteiger charge is 2.18. The van der Waals surface area contributed by atoms with Gasteiger partial charge in [-0.25, -0.2) is 4.79 Å². The smallest absolute Gasteiger partial charge is 0.357 e. The molecule has 1 heterocycles. The lowest BCUT2D eigenvalue weighted by Crippen LogP contribution is -2.25. The van der Waals surface area contributed by atoms with Gasteiger partial charge in [0.1, 0.15) is 5.69 Å². The molecule has 32 heavy (non-hydrogen) atoms. The zero-order valence-corrected chi connectivity index (χ0v) is 17.7. The van der Waals surface area contributed by atoms with E-state index in [1.807, 2.05) is 41.4 Å². The van der Waals surface area contributed by atoms with Gasteiger partial charge >= 0.3 is 16.9 Å². The summed E-state index contributed by atoms with van der Waals surface area (Å²) in [6, 6.07) is 15.3. The molecule has 0 saturated carbocycles. The molecular weight excluding hydrogens is 410 g/mol. The van der Waals surface area contributed by atoms with E-state index in [2.05, 4.69) is 28.7 Å². The Labute approximate surface area is 183 Å². The molecule has 3 aromatic rings. The first-order chi connectivity index (χ1) is 15.4. The average molecular weight is 433 g/mol. The Morgan fingerprint density at radius 2 is 1.56 bits per heavy atom. The normalized spacial score (nSPS) is 11.3. The fraction of sp³-hybridized carbons (Fsp3) is 0.174. The van der Waals surface area contributed by atoms with E-state index in [4.69, 9.17) is 0 Å². The largest absolute Gasteiger partial charge is 0.372 e. The molecule has 0 unspecified atom stereocenters. The number of nitro groups is 1. The van der Waals surface area contributed by atoms with E-state index in [-0.39, 0.29) is 5.69 Å². The van der Waals surface area contributed by atoms with Crippen LogP contribution in [0.25, 0.3) is 12.2 Å². The summed E-state index contributed by atoms with van der Waals surface area (Å²) >= 11 is 0. The Morgan fingerprint density at radius 1 is 0.938 bits per heavy atom. The number of rotatable bonds is 8. The fourth-order valence-corrected chi connectivity index (χ4v) is 3.16. The Balaban J connectivity index is 1.73. The molecule has 0 saturated heterocycles. The van der Waals surface area contributed by atoms with Crippen molar-refractivity contribution in [3.63, 3.8) is 0 Å². The molecule has 0 fully saturated rings. The van der Waals surface area contributed by atoms with Crippen molar-refractivity contribution in [1.29, 1.82) is 0 Å². The van der Waals surface area contributed by atoms with Gasteiger partial charge in [0.15, 0.2) is 0 Å². The lowest BCUT2D eigenvalue weighted by molar-refractivity contribution is -0.386. The van der Waals surface area contributed by atoms with Crippen LogP contribution >= 0.6 is 0 Å².